The third-order valence-corrected chi connectivity index (χ3v) is 3.42. The molecule has 1 unspecified atom stereocenters. The SMILES string of the molecule is CCCCCC(C)NC(=O)c1n[nH]c2ccc(N)cc12. The number of aromatic nitrogens is 2. The van der Waals surface area contributed by atoms with E-state index in [4.69, 9.17) is 5.73 Å². The Morgan fingerprint density at radius 2 is 2.25 bits per heavy atom. The molecule has 0 aliphatic heterocycles. The lowest BCUT2D eigenvalue weighted by Gasteiger charge is -2.12. The number of fused-ring (bicyclic) bond motifs is 1. The van der Waals surface area contributed by atoms with Crippen molar-refractivity contribution in [3.8, 4) is 0 Å². The maximum absolute atomic E-state index is 12.2. The number of carbonyl (C=O) groups excluding carboxylic acids is 1. The highest BCUT2D eigenvalue weighted by molar-refractivity contribution is 6.05. The predicted octanol–water partition coefficient (Wildman–Crippen LogP) is 2.84. The monoisotopic (exact) mass is 274 g/mol. The molecule has 0 saturated heterocycles. The van der Waals surface area contributed by atoms with E-state index in [2.05, 4.69) is 22.4 Å². The third-order valence-electron chi connectivity index (χ3n) is 3.42. The van der Waals surface area contributed by atoms with Crippen molar-refractivity contribution in [2.75, 3.05) is 5.73 Å². The zero-order valence-electron chi connectivity index (χ0n) is 12.1. The summed E-state index contributed by atoms with van der Waals surface area (Å²) in [6.07, 6.45) is 4.50. The van der Waals surface area contributed by atoms with Crippen molar-refractivity contribution < 1.29 is 4.79 Å². The lowest BCUT2D eigenvalue weighted by Crippen LogP contribution is -2.32. The molecule has 0 fully saturated rings. The molecule has 4 N–H and O–H groups in total. The largest absolute Gasteiger partial charge is 0.399 e. The Labute approximate surface area is 118 Å². The molecule has 2 aromatic rings. The number of nitrogens with two attached hydrogens (primary N) is 1. The van der Waals surface area contributed by atoms with Gasteiger partial charge in [-0.3, -0.25) is 9.89 Å². The number of benzene rings is 1. The number of aromatic amines is 1. The minimum atomic E-state index is -0.147. The zero-order valence-corrected chi connectivity index (χ0v) is 12.1. The van der Waals surface area contributed by atoms with Gasteiger partial charge >= 0.3 is 0 Å². The van der Waals surface area contributed by atoms with Crippen LogP contribution in [0.1, 0.15) is 50.0 Å². The number of hydrogen-bond donors (Lipinski definition) is 3. The van der Waals surface area contributed by atoms with E-state index in [9.17, 15) is 4.79 Å². The number of anilines is 1. The summed E-state index contributed by atoms with van der Waals surface area (Å²) >= 11 is 0. The van der Waals surface area contributed by atoms with Gasteiger partial charge in [0.2, 0.25) is 0 Å². The fourth-order valence-corrected chi connectivity index (χ4v) is 2.27. The van der Waals surface area contributed by atoms with Gasteiger partial charge in [0.15, 0.2) is 5.69 Å². The normalized spacial score (nSPS) is 12.5. The molecule has 0 aliphatic rings. The number of amides is 1. The van der Waals surface area contributed by atoms with Gasteiger partial charge in [0, 0.05) is 17.1 Å². The van der Waals surface area contributed by atoms with Gasteiger partial charge < -0.3 is 11.1 Å². The molecule has 0 aliphatic carbocycles. The van der Waals surface area contributed by atoms with E-state index >= 15 is 0 Å². The number of unbranched alkanes of at least 4 members (excludes halogenated alkanes) is 2. The Hall–Kier alpha value is -2.04. The van der Waals surface area contributed by atoms with Gasteiger partial charge in [0.05, 0.1) is 5.52 Å². The number of carbonyl (C=O) groups is 1. The molecular weight excluding hydrogens is 252 g/mol. The first-order valence-electron chi connectivity index (χ1n) is 7.16. The van der Waals surface area contributed by atoms with Crippen LogP contribution in [0.5, 0.6) is 0 Å². The molecule has 2 rings (SSSR count). The van der Waals surface area contributed by atoms with Gasteiger partial charge in [0.25, 0.3) is 5.91 Å². The number of H-pyrrole nitrogens is 1. The smallest absolute Gasteiger partial charge is 0.272 e. The lowest BCUT2D eigenvalue weighted by atomic mass is 10.1. The van der Waals surface area contributed by atoms with Crippen LogP contribution in [0.25, 0.3) is 10.9 Å². The van der Waals surface area contributed by atoms with Gasteiger partial charge in [0.1, 0.15) is 0 Å². The van der Waals surface area contributed by atoms with Crippen LogP contribution in [0.15, 0.2) is 18.2 Å². The molecule has 5 heteroatoms. The van der Waals surface area contributed by atoms with Crippen molar-refractivity contribution in [2.24, 2.45) is 0 Å². The van der Waals surface area contributed by atoms with E-state index in [-0.39, 0.29) is 11.9 Å². The molecule has 108 valence electrons. The van der Waals surface area contributed by atoms with Gasteiger partial charge in [-0.25, -0.2) is 0 Å². The standard InChI is InChI=1S/C15H22N4O/c1-3-4-5-6-10(2)17-15(20)14-12-9-11(16)7-8-13(12)18-19-14/h7-10H,3-6,16H2,1-2H3,(H,17,20)(H,18,19). The number of hydrogen-bond acceptors (Lipinski definition) is 3. The summed E-state index contributed by atoms with van der Waals surface area (Å²) in [5.41, 5.74) is 7.62. The quantitative estimate of drug-likeness (QED) is 0.559. The highest BCUT2D eigenvalue weighted by atomic mass is 16.2. The van der Waals surface area contributed by atoms with E-state index in [1.54, 1.807) is 12.1 Å². The Morgan fingerprint density at radius 3 is 3.00 bits per heavy atom. The number of rotatable bonds is 6. The van der Waals surface area contributed by atoms with Crippen LogP contribution < -0.4 is 11.1 Å². The van der Waals surface area contributed by atoms with Crippen LogP contribution in [-0.4, -0.2) is 22.1 Å². The van der Waals surface area contributed by atoms with Crippen LogP contribution in [-0.2, 0) is 0 Å². The number of nitrogen functional groups attached to an aromatic ring is 1. The molecule has 1 amide bonds. The molecule has 1 atom stereocenters. The van der Waals surface area contributed by atoms with E-state index in [0.717, 1.165) is 23.7 Å². The number of nitrogens with zero attached hydrogens (tertiary/aromatic N) is 1. The summed E-state index contributed by atoms with van der Waals surface area (Å²) < 4.78 is 0. The summed E-state index contributed by atoms with van der Waals surface area (Å²) in [5, 5.41) is 10.7. The highest BCUT2D eigenvalue weighted by Crippen LogP contribution is 2.19. The molecule has 0 spiro atoms. The van der Waals surface area contributed by atoms with Gasteiger partial charge in [-0.2, -0.15) is 5.10 Å². The van der Waals surface area contributed by atoms with Crippen LogP contribution in [0.4, 0.5) is 5.69 Å². The minimum Gasteiger partial charge on any atom is -0.399 e. The van der Waals surface area contributed by atoms with Crippen molar-refractivity contribution in [2.45, 2.75) is 45.6 Å². The van der Waals surface area contributed by atoms with Crippen LogP contribution in [0.3, 0.4) is 0 Å². The Kier molecular flexibility index (Phi) is 4.61. The Balaban J connectivity index is 2.05. The molecule has 20 heavy (non-hydrogen) atoms. The van der Waals surface area contributed by atoms with E-state index in [1.807, 2.05) is 13.0 Å². The van der Waals surface area contributed by atoms with Crippen molar-refractivity contribution in [3.63, 3.8) is 0 Å². The Morgan fingerprint density at radius 1 is 1.45 bits per heavy atom. The predicted molar refractivity (Wildman–Crippen MR) is 81.6 cm³/mol. The third kappa shape index (κ3) is 3.29. The average molecular weight is 274 g/mol. The summed E-state index contributed by atoms with van der Waals surface area (Å²) in [7, 11) is 0. The average Bonchev–Trinajstić information content (AvgIpc) is 2.81. The molecule has 0 radical (unpaired) electrons. The molecule has 0 bridgehead atoms. The van der Waals surface area contributed by atoms with Gasteiger partial charge in [-0.1, -0.05) is 26.2 Å². The van der Waals surface area contributed by atoms with Crippen molar-refractivity contribution >= 4 is 22.5 Å². The second-order valence-electron chi connectivity index (χ2n) is 5.25. The molecular formula is C15H22N4O. The second-order valence-corrected chi connectivity index (χ2v) is 5.25. The lowest BCUT2D eigenvalue weighted by molar-refractivity contribution is 0.0934. The Bertz CT molecular complexity index is 591. The fraction of sp³-hybridized carbons (Fsp3) is 0.467. The maximum atomic E-state index is 12.2. The topological polar surface area (TPSA) is 83.8 Å². The van der Waals surface area contributed by atoms with E-state index in [0.29, 0.717) is 11.4 Å². The van der Waals surface area contributed by atoms with E-state index in [1.165, 1.54) is 12.8 Å². The first-order valence-corrected chi connectivity index (χ1v) is 7.16. The maximum Gasteiger partial charge on any atom is 0.272 e. The summed E-state index contributed by atoms with van der Waals surface area (Å²) in [6.45, 7) is 4.19. The molecule has 5 nitrogen and oxygen atoms in total. The highest BCUT2D eigenvalue weighted by Gasteiger charge is 2.16. The van der Waals surface area contributed by atoms with Crippen LogP contribution in [0, 0.1) is 0 Å². The summed E-state index contributed by atoms with van der Waals surface area (Å²) in [4.78, 5) is 12.2. The van der Waals surface area contributed by atoms with Crippen molar-refractivity contribution in [3.05, 3.63) is 23.9 Å². The summed E-state index contributed by atoms with van der Waals surface area (Å²) in [5.74, 6) is -0.147. The molecule has 0 saturated carbocycles. The zero-order chi connectivity index (χ0) is 14.5. The van der Waals surface area contributed by atoms with Gasteiger partial charge in [-0.15, -0.1) is 0 Å². The first kappa shape index (κ1) is 14.4. The van der Waals surface area contributed by atoms with Crippen molar-refractivity contribution in [1.82, 2.24) is 15.5 Å². The van der Waals surface area contributed by atoms with Crippen LogP contribution in [0.2, 0.25) is 0 Å². The second kappa shape index (κ2) is 6.41. The minimum absolute atomic E-state index is 0.147. The fourth-order valence-electron chi connectivity index (χ4n) is 2.27. The molecule has 1 heterocycles. The van der Waals surface area contributed by atoms with Crippen LogP contribution >= 0.6 is 0 Å². The molecule has 1 aromatic carbocycles. The summed E-state index contributed by atoms with van der Waals surface area (Å²) in [6, 6.07) is 5.55. The van der Waals surface area contributed by atoms with Crippen molar-refractivity contribution in [1.29, 1.82) is 0 Å². The number of nitrogens with one attached hydrogen (secondary N) is 2. The van der Waals surface area contributed by atoms with E-state index < -0.39 is 0 Å². The molecule has 1 aromatic heterocycles. The van der Waals surface area contributed by atoms with Gasteiger partial charge in [-0.05, 0) is 31.5 Å². The first-order chi connectivity index (χ1) is 9.61.